The maximum Gasteiger partial charge on any atom is 0.264 e. The van der Waals surface area contributed by atoms with Crippen molar-refractivity contribution in [3.8, 4) is 5.88 Å². The topological polar surface area (TPSA) is 114 Å². The van der Waals surface area contributed by atoms with Gasteiger partial charge in [-0.15, -0.1) is 0 Å². The van der Waals surface area contributed by atoms with Crippen LogP contribution in [0.15, 0.2) is 41.6 Å². The van der Waals surface area contributed by atoms with Crippen LogP contribution in [0.25, 0.3) is 10.9 Å². The van der Waals surface area contributed by atoms with Crippen LogP contribution in [0.5, 0.6) is 5.88 Å². The second-order valence-corrected chi connectivity index (χ2v) is 9.29. The molecule has 1 amide bonds. The second-order valence-electron chi connectivity index (χ2n) is 7.64. The molecule has 1 aliphatic rings. The first kappa shape index (κ1) is 19.4. The van der Waals surface area contributed by atoms with E-state index in [9.17, 15) is 13.2 Å². The van der Waals surface area contributed by atoms with E-state index in [2.05, 4.69) is 19.9 Å². The molecule has 1 saturated carbocycles. The molecule has 0 unspecified atom stereocenters. The summed E-state index contributed by atoms with van der Waals surface area (Å²) in [6, 6.07) is 6.63. The lowest BCUT2D eigenvalue weighted by atomic mass is 9.95. The Hall–Kier alpha value is -2.94. The van der Waals surface area contributed by atoms with E-state index in [0.717, 1.165) is 5.56 Å². The number of carbonyl (C=O) groups is 1. The largest absolute Gasteiger partial charge is 0.475 e. The van der Waals surface area contributed by atoms with Gasteiger partial charge in [0.25, 0.3) is 10.0 Å². The molecule has 2 heterocycles. The Morgan fingerprint density at radius 3 is 2.72 bits per heavy atom. The Balaban J connectivity index is 1.69. The van der Waals surface area contributed by atoms with E-state index in [0.29, 0.717) is 35.2 Å². The zero-order valence-electron chi connectivity index (χ0n) is 16.4. The van der Waals surface area contributed by atoms with Gasteiger partial charge >= 0.3 is 0 Å². The van der Waals surface area contributed by atoms with Crippen LogP contribution in [0.4, 0.5) is 0 Å². The molecule has 29 heavy (non-hydrogen) atoms. The Labute approximate surface area is 168 Å². The molecular weight excluding hydrogens is 392 g/mol. The zero-order valence-corrected chi connectivity index (χ0v) is 17.2. The average Bonchev–Trinajstić information content (AvgIpc) is 3.32. The van der Waals surface area contributed by atoms with Crippen LogP contribution >= 0.6 is 0 Å². The summed E-state index contributed by atoms with van der Waals surface area (Å²) in [5.74, 6) is -0.202. The van der Waals surface area contributed by atoms with Crippen molar-refractivity contribution in [3.63, 3.8) is 0 Å². The minimum atomic E-state index is -4.07. The van der Waals surface area contributed by atoms with Crippen molar-refractivity contribution < 1.29 is 17.9 Å². The van der Waals surface area contributed by atoms with E-state index in [-0.39, 0.29) is 11.0 Å². The first-order valence-corrected chi connectivity index (χ1v) is 10.8. The lowest BCUT2D eigenvalue weighted by molar-refractivity contribution is -0.121. The molecule has 2 aromatic heterocycles. The first-order valence-electron chi connectivity index (χ1n) is 9.36. The van der Waals surface area contributed by atoms with Gasteiger partial charge in [0.1, 0.15) is 0 Å². The number of rotatable bonds is 6. The molecule has 3 aromatic rings. The fourth-order valence-electron chi connectivity index (χ4n) is 3.41. The number of amides is 1. The van der Waals surface area contributed by atoms with E-state index in [1.54, 1.807) is 18.3 Å². The smallest absolute Gasteiger partial charge is 0.264 e. The van der Waals surface area contributed by atoms with Crippen molar-refractivity contribution in [1.29, 1.82) is 0 Å². The van der Waals surface area contributed by atoms with Gasteiger partial charge in [-0.1, -0.05) is 6.07 Å². The van der Waals surface area contributed by atoms with Crippen molar-refractivity contribution in [2.75, 3.05) is 0 Å². The predicted octanol–water partition coefficient (Wildman–Crippen LogP) is 2.59. The Kier molecular flexibility index (Phi) is 4.57. The summed E-state index contributed by atoms with van der Waals surface area (Å²) >= 11 is 0. The predicted molar refractivity (Wildman–Crippen MR) is 107 cm³/mol. The third-order valence-electron chi connectivity index (χ3n) is 5.00. The highest BCUT2D eigenvalue weighted by molar-refractivity contribution is 7.90. The van der Waals surface area contributed by atoms with Gasteiger partial charge < -0.3 is 4.74 Å². The molecule has 1 aliphatic carbocycles. The maximum absolute atomic E-state index is 13.1. The van der Waals surface area contributed by atoms with E-state index in [1.807, 2.05) is 26.8 Å². The van der Waals surface area contributed by atoms with Crippen LogP contribution in [0.2, 0.25) is 0 Å². The Morgan fingerprint density at radius 1 is 1.28 bits per heavy atom. The number of fused-ring (bicyclic) bond motifs is 1. The molecule has 0 saturated heterocycles. The number of hydrogen-bond donors (Lipinski definition) is 2. The summed E-state index contributed by atoms with van der Waals surface area (Å²) in [6.45, 7) is 5.63. The van der Waals surface area contributed by atoms with Gasteiger partial charge in [0.15, 0.2) is 0 Å². The molecule has 152 valence electrons. The molecule has 0 atom stereocenters. The lowest BCUT2D eigenvalue weighted by Gasteiger charge is -2.20. The molecule has 4 rings (SSSR count). The highest BCUT2D eigenvalue weighted by Crippen LogP contribution is 2.51. The van der Waals surface area contributed by atoms with Crippen molar-refractivity contribution in [1.82, 2.24) is 19.9 Å². The molecule has 0 bridgehead atoms. The average molecular weight is 414 g/mol. The van der Waals surface area contributed by atoms with E-state index < -0.39 is 21.3 Å². The standard InChI is InChI=1S/C20H22N4O4S/c1-12(2)28-18-15(9-13(3)10-21-18)20(7-8-20)19(25)24-29(26,27)17-6-4-5-16-14(17)11-22-23-16/h4-6,9-12H,7-8H2,1-3H3,(H,22,23)(H,24,25). The highest BCUT2D eigenvalue weighted by Gasteiger charge is 2.54. The first-order chi connectivity index (χ1) is 13.7. The van der Waals surface area contributed by atoms with Gasteiger partial charge in [0, 0.05) is 17.1 Å². The Morgan fingerprint density at radius 2 is 2.03 bits per heavy atom. The number of pyridine rings is 1. The monoisotopic (exact) mass is 414 g/mol. The van der Waals surface area contributed by atoms with Gasteiger partial charge in [0.05, 0.1) is 28.1 Å². The number of aryl methyl sites for hydroxylation is 1. The van der Waals surface area contributed by atoms with Crippen molar-refractivity contribution >= 4 is 26.8 Å². The quantitative estimate of drug-likeness (QED) is 0.641. The van der Waals surface area contributed by atoms with Crippen molar-refractivity contribution in [2.24, 2.45) is 0 Å². The molecule has 2 N–H and O–H groups in total. The fourth-order valence-corrected chi connectivity index (χ4v) is 4.67. The van der Waals surface area contributed by atoms with E-state index in [4.69, 9.17) is 4.74 Å². The molecule has 9 heteroatoms. The fraction of sp³-hybridized carbons (Fsp3) is 0.350. The number of ether oxygens (including phenoxy) is 1. The van der Waals surface area contributed by atoms with Crippen LogP contribution in [0.1, 0.15) is 37.8 Å². The maximum atomic E-state index is 13.1. The van der Waals surface area contributed by atoms with E-state index in [1.165, 1.54) is 12.3 Å². The summed E-state index contributed by atoms with van der Waals surface area (Å²) in [5.41, 5.74) is 1.12. The zero-order chi connectivity index (χ0) is 20.8. The number of benzene rings is 1. The summed E-state index contributed by atoms with van der Waals surface area (Å²) in [6.07, 6.45) is 4.05. The summed E-state index contributed by atoms with van der Waals surface area (Å²) in [7, 11) is -4.07. The van der Waals surface area contributed by atoms with Crippen molar-refractivity contribution in [2.45, 2.75) is 50.0 Å². The molecule has 8 nitrogen and oxygen atoms in total. The lowest BCUT2D eigenvalue weighted by Crippen LogP contribution is -2.39. The number of H-pyrrole nitrogens is 1. The second kappa shape index (κ2) is 6.84. The van der Waals surface area contributed by atoms with Crippen LogP contribution in [0, 0.1) is 6.92 Å². The number of aromatic amines is 1. The highest BCUT2D eigenvalue weighted by atomic mass is 32.2. The van der Waals surface area contributed by atoms with Crippen LogP contribution in [0.3, 0.4) is 0 Å². The number of aromatic nitrogens is 3. The molecule has 0 spiro atoms. The molecule has 0 aliphatic heterocycles. The third kappa shape index (κ3) is 3.46. The molecular formula is C20H22N4O4S. The van der Waals surface area contributed by atoms with Crippen LogP contribution in [-0.4, -0.2) is 35.6 Å². The summed E-state index contributed by atoms with van der Waals surface area (Å²) in [4.78, 5) is 17.5. The summed E-state index contributed by atoms with van der Waals surface area (Å²) in [5, 5.41) is 7.05. The normalized spacial score (nSPS) is 15.4. The van der Waals surface area contributed by atoms with Gasteiger partial charge in [-0.3, -0.25) is 9.89 Å². The van der Waals surface area contributed by atoms with Crippen LogP contribution < -0.4 is 9.46 Å². The number of carbonyl (C=O) groups excluding carboxylic acids is 1. The molecule has 0 radical (unpaired) electrons. The number of nitrogens with zero attached hydrogens (tertiary/aromatic N) is 2. The number of sulfonamides is 1. The Bertz CT molecular complexity index is 1200. The van der Waals surface area contributed by atoms with Crippen molar-refractivity contribution in [3.05, 3.63) is 47.8 Å². The van der Waals surface area contributed by atoms with Gasteiger partial charge in [-0.05, 0) is 57.4 Å². The third-order valence-corrected chi connectivity index (χ3v) is 6.39. The SMILES string of the molecule is Cc1cnc(OC(C)C)c(C2(C(=O)NS(=O)(=O)c3cccc4[nH]ncc34)CC2)c1. The molecule has 1 fully saturated rings. The van der Waals surface area contributed by atoms with Gasteiger partial charge in [-0.25, -0.2) is 18.1 Å². The minimum Gasteiger partial charge on any atom is -0.475 e. The van der Waals surface area contributed by atoms with Crippen LogP contribution in [-0.2, 0) is 20.2 Å². The number of hydrogen-bond acceptors (Lipinski definition) is 6. The molecule has 1 aromatic carbocycles. The van der Waals surface area contributed by atoms with E-state index >= 15 is 0 Å². The minimum absolute atomic E-state index is 0.00826. The van der Waals surface area contributed by atoms with Gasteiger partial charge in [-0.2, -0.15) is 5.10 Å². The summed E-state index contributed by atoms with van der Waals surface area (Å²) < 4.78 is 34.0. The number of nitrogens with one attached hydrogen (secondary N) is 2. The van der Waals surface area contributed by atoms with Gasteiger partial charge in [0.2, 0.25) is 11.8 Å².